The van der Waals surface area contributed by atoms with E-state index in [-0.39, 0.29) is 17.5 Å². The van der Waals surface area contributed by atoms with E-state index in [1.54, 1.807) is 42.1 Å². The van der Waals surface area contributed by atoms with Crippen molar-refractivity contribution in [2.45, 2.75) is 13.3 Å². The maximum Gasteiger partial charge on any atom is 0.267 e. The Balaban J connectivity index is 1.81. The van der Waals surface area contributed by atoms with Crippen LogP contribution in [0.15, 0.2) is 95.2 Å². The zero-order valence-corrected chi connectivity index (χ0v) is 22.2. The zero-order chi connectivity index (χ0) is 26.2. The van der Waals surface area contributed by atoms with Gasteiger partial charge in [-0.3, -0.25) is 9.59 Å². The summed E-state index contributed by atoms with van der Waals surface area (Å²) in [6.07, 6.45) is 4.26. The van der Waals surface area contributed by atoms with Gasteiger partial charge in [0.25, 0.3) is 11.8 Å². The first kappa shape index (κ1) is 25.9. The second-order valence-electron chi connectivity index (χ2n) is 8.20. The van der Waals surface area contributed by atoms with Crippen molar-refractivity contribution in [3.63, 3.8) is 0 Å². The van der Waals surface area contributed by atoms with Crippen molar-refractivity contribution in [2.75, 3.05) is 13.7 Å². The Morgan fingerprint density at radius 2 is 1.73 bits per heavy atom. The number of ether oxygens (including phenoxy) is 1. The van der Waals surface area contributed by atoms with Gasteiger partial charge >= 0.3 is 0 Å². The fourth-order valence-electron chi connectivity index (χ4n) is 3.68. The number of rotatable bonds is 9. The lowest BCUT2D eigenvalue weighted by Crippen LogP contribution is -2.35. The summed E-state index contributed by atoms with van der Waals surface area (Å²) in [6.45, 7) is 2.45. The van der Waals surface area contributed by atoms with Crippen molar-refractivity contribution in [1.82, 2.24) is 20.4 Å². The summed E-state index contributed by atoms with van der Waals surface area (Å²) < 4.78 is 7.90. The Morgan fingerprint density at radius 3 is 2.38 bits per heavy atom. The van der Waals surface area contributed by atoms with Gasteiger partial charge in [0.05, 0.1) is 17.3 Å². The van der Waals surface area contributed by atoms with Crippen molar-refractivity contribution in [3.8, 4) is 22.7 Å². The molecular weight excluding hydrogens is 532 g/mol. The summed E-state index contributed by atoms with van der Waals surface area (Å²) in [7, 11) is 1.61. The topological polar surface area (TPSA) is 85.2 Å². The number of carbonyl (C=O) groups excluding carboxylic acids is 2. The van der Waals surface area contributed by atoms with E-state index in [1.807, 2.05) is 67.7 Å². The van der Waals surface area contributed by atoms with E-state index < -0.39 is 0 Å². The van der Waals surface area contributed by atoms with Crippen molar-refractivity contribution in [1.29, 1.82) is 0 Å². The Hall–Kier alpha value is -4.17. The first-order chi connectivity index (χ1) is 18.0. The predicted molar refractivity (Wildman–Crippen MR) is 148 cm³/mol. The standard InChI is InChI=1S/C29H27BrN4O3/c1-3-16-31-29(36)25(32-28(35)20-10-6-4-7-11-20)18-22-19-34(23-12-8-5-9-13-23)33-27(22)21-14-15-26(37-2)24(30)17-21/h4-15,17-19H,3,16H2,1-2H3,(H,31,36)(H,32,35)/b25-18-. The molecule has 0 aliphatic rings. The number of amides is 2. The average molecular weight is 559 g/mol. The molecule has 4 rings (SSSR count). The predicted octanol–water partition coefficient (Wildman–Crippen LogP) is 5.61. The molecule has 0 atom stereocenters. The van der Waals surface area contributed by atoms with Crippen LogP contribution in [0.5, 0.6) is 5.75 Å². The molecule has 0 bridgehead atoms. The number of carbonyl (C=O) groups is 2. The van der Waals surface area contributed by atoms with Crippen LogP contribution in [0.1, 0.15) is 29.3 Å². The lowest BCUT2D eigenvalue weighted by Gasteiger charge is -2.11. The van der Waals surface area contributed by atoms with E-state index in [2.05, 4.69) is 26.6 Å². The number of hydrogen-bond acceptors (Lipinski definition) is 4. The number of aromatic nitrogens is 2. The smallest absolute Gasteiger partial charge is 0.267 e. The van der Waals surface area contributed by atoms with Crippen LogP contribution in [0.3, 0.4) is 0 Å². The lowest BCUT2D eigenvalue weighted by atomic mass is 10.1. The fraction of sp³-hybridized carbons (Fsp3) is 0.138. The highest BCUT2D eigenvalue weighted by atomic mass is 79.9. The monoisotopic (exact) mass is 558 g/mol. The number of benzene rings is 3. The number of nitrogens with zero attached hydrogens (tertiary/aromatic N) is 2. The molecule has 4 aromatic rings. The van der Waals surface area contributed by atoms with Crippen molar-refractivity contribution in [2.24, 2.45) is 0 Å². The summed E-state index contributed by atoms with van der Waals surface area (Å²) in [5.41, 5.74) is 3.57. The molecule has 0 fully saturated rings. The Labute approximate surface area is 224 Å². The van der Waals surface area contributed by atoms with E-state index in [0.29, 0.717) is 29.1 Å². The molecule has 0 aliphatic carbocycles. The summed E-state index contributed by atoms with van der Waals surface area (Å²) in [5.74, 6) is -0.0544. The Bertz CT molecular complexity index is 1420. The van der Waals surface area contributed by atoms with Crippen LogP contribution in [0.4, 0.5) is 0 Å². The van der Waals surface area contributed by atoms with Gasteiger partial charge in [-0.05, 0) is 70.9 Å². The molecule has 3 aromatic carbocycles. The minimum absolute atomic E-state index is 0.128. The molecular formula is C29H27BrN4O3. The highest BCUT2D eigenvalue weighted by Crippen LogP contribution is 2.32. The maximum absolute atomic E-state index is 13.1. The molecule has 37 heavy (non-hydrogen) atoms. The third-order valence-corrected chi connectivity index (χ3v) is 6.17. The lowest BCUT2D eigenvalue weighted by molar-refractivity contribution is -0.117. The summed E-state index contributed by atoms with van der Waals surface area (Å²) in [4.78, 5) is 26.0. The Morgan fingerprint density at radius 1 is 1.03 bits per heavy atom. The fourth-order valence-corrected chi connectivity index (χ4v) is 4.22. The molecule has 7 nitrogen and oxygen atoms in total. The molecule has 0 saturated heterocycles. The molecule has 0 radical (unpaired) electrons. The summed E-state index contributed by atoms with van der Waals surface area (Å²) in [6, 6.07) is 24.1. The van der Waals surface area contributed by atoms with Crippen molar-refractivity contribution < 1.29 is 14.3 Å². The van der Waals surface area contributed by atoms with Gasteiger partial charge in [0.2, 0.25) is 0 Å². The molecule has 8 heteroatoms. The third-order valence-electron chi connectivity index (χ3n) is 5.55. The first-order valence-electron chi connectivity index (χ1n) is 11.9. The van der Waals surface area contributed by atoms with Crippen molar-refractivity contribution in [3.05, 3.63) is 106 Å². The molecule has 0 unspecified atom stereocenters. The minimum Gasteiger partial charge on any atom is -0.496 e. The van der Waals surface area contributed by atoms with Gasteiger partial charge in [-0.15, -0.1) is 0 Å². The van der Waals surface area contributed by atoms with Crippen LogP contribution in [0.2, 0.25) is 0 Å². The number of nitrogens with one attached hydrogen (secondary N) is 2. The van der Waals surface area contributed by atoms with Gasteiger partial charge in [-0.25, -0.2) is 4.68 Å². The van der Waals surface area contributed by atoms with Gasteiger partial charge in [0.15, 0.2) is 0 Å². The third kappa shape index (κ3) is 6.34. The summed E-state index contributed by atoms with van der Waals surface area (Å²) >= 11 is 3.55. The van der Waals surface area contributed by atoms with E-state index in [4.69, 9.17) is 9.84 Å². The summed E-state index contributed by atoms with van der Waals surface area (Å²) in [5, 5.41) is 10.5. The SMILES string of the molecule is CCCNC(=O)/C(=C/c1cn(-c2ccccc2)nc1-c1ccc(OC)c(Br)c1)NC(=O)c1ccccc1. The second-order valence-corrected chi connectivity index (χ2v) is 9.05. The number of para-hydroxylation sites is 1. The van der Waals surface area contributed by atoms with Gasteiger partial charge in [0, 0.05) is 29.4 Å². The van der Waals surface area contributed by atoms with Gasteiger partial charge < -0.3 is 15.4 Å². The van der Waals surface area contributed by atoms with E-state index >= 15 is 0 Å². The van der Waals surface area contributed by atoms with Crippen LogP contribution in [-0.4, -0.2) is 35.2 Å². The quantitative estimate of drug-likeness (QED) is 0.261. The van der Waals surface area contributed by atoms with Crippen molar-refractivity contribution >= 4 is 33.8 Å². The largest absolute Gasteiger partial charge is 0.496 e. The molecule has 0 spiro atoms. The molecule has 0 saturated carbocycles. The number of methoxy groups -OCH3 is 1. The number of hydrogen-bond donors (Lipinski definition) is 2. The zero-order valence-electron chi connectivity index (χ0n) is 20.6. The van der Waals surface area contributed by atoms with E-state index in [9.17, 15) is 9.59 Å². The molecule has 2 amide bonds. The molecule has 188 valence electrons. The molecule has 0 aliphatic heterocycles. The molecule has 1 aromatic heterocycles. The first-order valence-corrected chi connectivity index (χ1v) is 12.6. The van der Waals surface area contributed by atoms with Crippen LogP contribution < -0.4 is 15.4 Å². The van der Waals surface area contributed by atoms with Gasteiger partial charge in [0.1, 0.15) is 17.1 Å². The van der Waals surface area contributed by atoms with Crippen LogP contribution in [-0.2, 0) is 4.79 Å². The molecule has 1 heterocycles. The van der Waals surface area contributed by atoms with E-state index in [0.717, 1.165) is 22.1 Å². The average Bonchev–Trinajstić information content (AvgIpc) is 3.36. The van der Waals surface area contributed by atoms with Gasteiger partial charge in [-0.2, -0.15) is 5.10 Å². The minimum atomic E-state index is -0.375. The molecule has 2 N–H and O–H groups in total. The highest BCUT2D eigenvalue weighted by molar-refractivity contribution is 9.10. The van der Waals surface area contributed by atoms with Crippen LogP contribution >= 0.6 is 15.9 Å². The highest BCUT2D eigenvalue weighted by Gasteiger charge is 2.18. The van der Waals surface area contributed by atoms with E-state index in [1.165, 1.54) is 0 Å². The maximum atomic E-state index is 13.1. The van der Waals surface area contributed by atoms with Crippen LogP contribution in [0.25, 0.3) is 23.0 Å². The Kier molecular flexibility index (Phi) is 8.53. The number of halogens is 1. The second kappa shape index (κ2) is 12.2. The normalized spacial score (nSPS) is 11.2. The van der Waals surface area contributed by atoms with Gasteiger partial charge in [-0.1, -0.05) is 43.3 Å². The van der Waals surface area contributed by atoms with Crippen LogP contribution in [0, 0.1) is 0 Å².